The first-order valence-corrected chi connectivity index (χ1v) is 13.5. The highest BCUT2D eigenvalue weighted by Gasteiger charge is 2.23. The third-order valence-electron chi connectivity index (χ3n) is 5.39. The van der Waals surface area contributed by atoms with Gasteiger partial charge < -0.3 is 5.32 Å². The molecule has 0 spiro atoms. The van der Waals surface area contributed by atoms with Gasteiger partial charge in [-0.15, -0.1) is 0 Å². The maximum Gasteiger partial charge on any atom is 0.0464 e. The number of allylic oxidation sites excluding steroid dienone is 3. The summed E-state index contributed by atoms with van der Waals surface area (Å²) in [4.78, 5) is 0. The van der Waals surface area contributed by atoms with Crippen molar-refractivity contribution >= 4 is 11.3 Å². The van der Waals surface area contributed by atoms with Gasteiger partial charge in [0.05, 0.1) is 0 Å². The van der Waals surface area contributed by atoms with Gasteiger partial charge in [-0.3, -0.25) is 0 Å². The van der Waals surface area contributed by atoms with Crippen molar-refractivity contribution in [2.75, 3.05) is 5.32 Å². The van der Waals surface area contributed by atoms with Crippen molar-refractivity contribution in [2.45, 2.75) is 81.1 Å². The molecule has 0 unspecified atom stereocenters. The van der Waals surface area contributed by atoms with Gasteiger partial charge in [0.15, 0.2) is 0 Å². The minimum atomic E-state index is 0.699. The number of benzene rings is 2. The summed E-state index contributed by atoms with van der Waals surface area (Å²) in [6, 6.07) is 19.0. The number of rotatable bonds is 4. The van der Waals surface area contributed by atoms with Gasteiger partial charge in [0, 0.05) is 28.1 Å². The van der Waals surface area contributed by atoms with Crippen molar-refractivity contribution in [3.8, 4) is 0 Å². The van der Waals surface area contributed by atoms with Gasteiger partial charge in [-0.1, -0.05) is 142 Å². The van der Waals surface area contributed by atoms with Crippen LogP contribution >= 0.6 is 0 Å². The Morgan fingerprint density at radius 3 is 1.91 bits per heavy atom. The number of anilines is 1. The lowest BCUT2D eigenvalue weighted by atomic mass is 9.84. The van der Waals surface area contributed by atoms with Crippen LogP contribution in [0.25, 0.3) is 5.57 Å². The molecule has 0 aromatic heterocycles. The van der Waals surface area contributed by atoms with Crippen molar-refractivity contribution in [3.63, 3.8) is 0 Å². The van der Waals surface area contributed by atoms with E-state index >= 15 is 0 Å². The van der Waals surface area contributed by atoms with E-state index in [1.165, 1.54) is 42.4 Å². The van der Waals surface area contributed by atoms with E-state index in [0.29, 0.717) is 5.92 Å². The van der Waals surface area contributed by atoms with Crippen LogP contribution in [-0.4, -0.2) is 0 Å². The second kappa shape index (κ2) is 18.6. The van der Waals surface area contributed by atoms with E-state index in [2.05, 4.69) is 85.2 Å². The molecule has 1 fully saturated rings. The predicted octanol–water partition coefficient (Wildman–Crippen LogP) is 10.8. The van der Waals surface area contributed by atoms with Gasteiger partial charge in [0.25, 0.3) is 0 Å². The summed E-state index contributed by atoms with van der Waals surface area (Å²) in [5.74, 6) is 0.699. The van der Waals surface area contributed by atoms with Crippen LogP contribution < -0.4 is 5.32 Å². The summed E-state index contributed by atoms with van der Waals surface area (Å²) in [6.07, 6.45) is 9.85. The lowest BCUT2D eigenvalue weighted by molar-refractivity contribution is 0.685. The van der Waals surface area contributed by atoms with Crippen molar-refractivity contribution in [2.24, 2.45) is 5.92 Å². The Morgan fingerprint density at radius 1 is 0.794 bits per heavy atom. The fourth-order valence-electron chi connectivity index (χ4n) is 4.07. The van der Waals surface area contributed by atoms with Crippen molar-refractivity contribution < 1.29 is 0 Å². The molecule has 2 aromatic rings. The maximum atomic E-state index is 4.39. The smallest absolute Gasteiger partial charge is 0.0464 e. The summed E-state index contributed by atoms with van der Waals surface area (Å²) in [5.41, 5.74) is 7.79. The third kappa shape index (κ3) is 8.52. The number of hydrogen-bond acceptors (Lipinski definition) is 1. The Bertz CT molecular complexity index is 893. The molecule has 4 rings (SSSR count). The first kappa shape index (κ1) is 31.2. The van der Waals surface area contributed by atoms with Crippen LogP contribution in [0.3, 0.4) is 0 Å². The SMILES string of the molecule is C=C(/C=C/C1CCCC1)C1=C(c2ccccc2)c2ccccc2NC1=C.CC.CC.CC.CC. The van der Waals surface area contributed by atoms with Crippen LogP contribution in [-0.2, 0) is 0 Å². The first-order valence-electron chi connectivity index (χ1n) is 13.5. The van der Waals surface area contributed by atoms with Gasteiger partial charge in [0.2, 0.25) is 0 Å². The highest BCUT2D eigenvalue weighted by Crippen LogP contribution is 2.41. The zero-order valence-corrected chi connectivity index (χ0v) is 23.2. The molecular formula is C33H49N. The van der Waals surface area contributed by atoms with Gasteiger partial charge in [0.1, 0.15) is 0 Å². The molecule has 2 aliphatic rings. The quantitative estimate of drug-likeness (QED) is 0.448. The number of hydrogen-bond donors (Lipinski definition) is 1. The van der Waals surface area contributed by atoms with Gasteiger partial charge >= 0.3 is 0 Å². The van der Waals surface area contributed by atoms with Crippen molar-refractivity contribution in [3.05, 3.63) is 108 Å². The molecule has 0 saturated heterocycles. The predicted molar refractivity (Wildman–Crippen MR) is 157 cm³/mol. The van der Waals surface area contributed by atoms with E-state index in [4.69, 9.17) is 0 Å². The first-order chi connectivity index (χ1) is 16.7. The van der Waals surface area contributed by atoms with Crippen LogP contribution in [0.15, 0.2) is 96.8 Å². The van der Waals surface area contributed by atoms with Crippen LogP contribution in [0.1, 0.15) is 92.2 Å². The Kier molecular flexibility index (Phi) is 17.1. The molecular weight excluding hydrogens is 410 g/mol. The second-order valence-corrected chi connectivity index (χ2v) is 7.19. The second-order valence-electron chi connectivity index (χ2n) is 7.19. The molecule has 1 saturated carbocycles. The van der Waals surface area contributed by atoms with Crippen LogP contribution in [0, 0.1) is 5.92 Å². The van der Waals surface area contributed by atoms with E-state index in [-0.39, 0.29) is 0 Å². The summed E-state index contributed by atoms with van der Waals surface area (Å²) in [6.45, 7) is 24.7. The highest BCUT2D eigenvalue weighted by molar-refractivity contribution is 5.96. The molecule has 0 bridgehead atoms. The van der Waals surface area contributed by atoms with Gasteiger partial charge in [-0.25, -0.2) is 0 Å². The largest absolute Gasteiger partial charge is 0.355 e. The lowest BCUT2D eigenvalue weighted by Gasteiger charge is -2.27. The van der Waals surface area contributed by atoms with Crippen LogP contribution in [0.5, 0.6) is 0 Å². The van der Waals surface area contributed by atoms with Crippen molar-refractivity contribution in [1.29, 1.82) is 0 Å². The van der Waals surface area contributed by atoms with E-state index in [0.717, 1.165) is 22.5 Å². The van der Waals surface area contributed by atoms with E-state index in [9.17, 15) is 0 Å². The third-order valence-corrected chi connectivity index (χ3v) is 5.39. The summed E-state index contributed by atoms with van der Waals surface area (Å²) in [5, 5.41) is 3.47. The average Bonchev–Trinajstić information content (AvgIpc) is 3.45. The molecule has 1 aliphatic carbocycles. The fourth-order valence-corrected chi connectivity index (χ4v) is 4.07. The maximum absolute atomic E-state index is 4.39. The van der Waals surface area contributed by atoms with Gasteiger partial charge in [-0.2, -0.15) is 0 Å². The minimum absolute atomic E-state index is 0.699. The summed E-state index contributed by atoms with van der Waals surface area (Å²) in [7, 11) is 0. The molecule has 2 aromatic carbocycles. The topological polar surface area (TPSA) is 12.0 Å². The Hall–Kier alpha value is -2.80. The molecule has 1 aliphatic heterocycles. The highest BCUT2D eigenvalue weighted by atomic mass is 14.9. The molecule has 0 atom stereocenters. The average molecular weight is 460 g/mol. The van der Waals surface area contributed by atoms with E-state index in [1.54, 1.807) is 0 Å². The normalized spacial score (nSPS) is 14.1. The zero-order valence-electron chi connectivity index (χ0n) is 23.2. The fraction of sp³-hybridized carbons (Fsp3) is 0.394. The Balaban J connectivity index is 0.00000124. The molecule has 0 amide bonds. The number of nitrogens with one attached hydrogen (secondary N) is 1. The molecule has 1 heterocycles. The van der Waals surface area contributed by atoms with Crippen LogP contribution in [0.2, 0.25) is 0 Å². The van der Waals surface area contributed by atoms with Crippen molar-refractivity contribution in [1.82, 2.24) is 0 Å². The zero-order chi connectivity index (χ0) is 25.9. The monoisotopic (exact) mass is 459 g/mol. The van der Waals surface area contributed by atoms with Gasteiger partial charge in [-0.05, 0) is 36.0 Å². The Labute approximate surface area is 211 Å². The van der Waals surface area contributed by atoms with E-state index in [1.807, 2.05) is 55.4 Å². The number of fused-ring (bicyclic) bond motifs is 1. The lowest BCUT2D eigenvalue weighted by Crippen LogP contribution is -2.13. The minimum Gasteiger partial charge on any atom is -0.355 e. The molecule has 186 valence electrons. The Morgan fingerprint density at radius 2 is 1.32 bits per heavy atom. The molecule has 0 radical (unpaired) electrons. The number of para-hydroxylation sites is 1. The molecule has 1 nitrogen and oxygen atoms in total. The molecule has 1 N–H and O–H groups in total. The summed E-state index contributed by atoms with van der Waals surface area (Å²) >= 11 is 0. The van der Waals surface area contributed by atoms with Crippen LogP contribution in [0.4, 0.5) is 5.69 Å². The summed E-state index contributed by atoms with van der Waals surface area (Å²) < 4.78 is 0. The standard InChI is InChI=1S/C25H25N.4C2H6/c1-18(16-17-20-10-6-7-11-20)24-19(2)26-23-15-9-8-14-22(23)25(24)21-12-4-3-5-13-21;4*1-2/h3-5,8-9,12-17,20,26H,1-2,6-7,10-11H2;4*1-2H3/b17-16+;;;;. The molecule has 34 heavy (non-hydrogen) atoms. The molecule has 1 heteroatoms. The van der Waals surface area contributed by atoms with E-state index < -0.39 is 0 Å².